The Labute approximate surface area is 166 Å². The number of aromatic nitrogens is 2. The van der Waals surface area contributed by atoms with Gasteiger partial charge >= 0.3 is 0 Å². The molecule has 1 fully saturated rings. The molecule has 3 aromatic rings. The summed E-state index contributed by atoms with van der Waals surface area (Å²) in [5.74, 6) is 0.152. The highest BCUT2D eigenvalue weighted by molar-refractivity contribution is 5.95. The van der Waals surface area contributed by atoms with Gasteiger partial charge in [-0.3, -0.25) is 9.69 Å². The van der Waals surface area contributed by atoms with Crippen molar-refractivity contribution in [1.82, 2.24) is 14.7 Å². The zero-order chi connectivity index (χ0) is 19.7. The maximum Gasteiger partial charge on any atom is 0.241 e. The number of hydrogen-bond acceptors (Lipinski definition) is 3. The second kappa shape index (κ2) is 7.60. The van der Waals surface area contributed by atoms with Gasteiger partial charge in [-0.25, -0.2) is 4.68 Å². The number of aryl methyl sites for hydroxylation is 2. The van der Waals surface area contributed by atoms with Gasteiger partial charge in [-0.05, 0) is 56.7 Å². The van der Waals surface area contributed by atoms with Gasteiger partial charge in [-0.1, -0.05) is 30.3 Å². The SMILES string of the molecule is Cc1cc(C)n(-c2cccc(CN3CC(=O)N(c4ccccc4)CC3C)c2)n1. The number of nitrogens with zero attached hydrogens (tertiary/aromatic N) is 4. The predicted octanol–water partition coefficient (Wildman–Crippen LogP) is 3.73. The topological polar surface area (TPSA) is 41.4 Å². The maximum absolute atomic E-state index is 12.7. The summed E-state index contributed by atoms with van der Waals surface area (Å²) in [6.07, 6.45) is 0. The fourth-order valence-corrected chi connectivity index (χ4v) is 3.88. The van der Waals surface area contributed by atoms with Gasteiger partial charge in [-0.15, -0.1) is 0 Å². The van der Waals surface area contributed by atoms with Gasteiger partial charge in [-0.2, -0.15) is 5.10 Å². The summed E-state index contributed by atoms with van der Waals surface area (Å²) in [5, 5.41) is 4.58. The summed E-state index contributed by atoms with van der Waals surface area (Å²) >= 11 is 0. The fourth-order valence-electron chi connectivity index (χ4n) is 3.88. The van der Waals surface area contributed by atoms with Crippen LogP contribution in [0.25, 0.3) is 5.69 Å². The lowest BCUT2D eigenvalue weighted by Crippen LogP contribution is -2.54. The summed E-state index contributed by atoms with van der Waals surface area (Å²) in [5.41, 5.74) is 5.36. The molecule has 28 heavy (non-hydrogen) atoms. The van der Waals surface area contributed by atoms with E-state index in [9.17, 15) is 4.79 Å². The number of benzene rings is 2. The number of amides is 1. The van der Waals surface area contributed by atoms with Crippen LogP contribution in [0, 0.1) is 13.8 Å². The Morgan fingerprint density at radius 2 is 1.75 bits per heavy atom. The molecule has 5 nitrogen and oxygen atoms in total. The molecular formula is C23H26N4O. The van der Waals surface area contributed by atoms with Crippen LogP contribution in [0.4, 0.5) is 5.69 Å². The highest BCUT2D eigenvalue weighted by Crippen LogP contribution is 2.22. The summed E-state index contributed by atoms with van der Waals surface area (Å²) in [4.78, 5) is 16.9. The van der Waals surface area contributed by atoms with Crippen molar-refractivity contribution in [2.24, 2.45) is 0 Å². The van der Waals surface area contributed by atoms with Gasteiger partial charge in [0.05, 0.1) is 17.9 Å². The molecule has 0 bridgehead atoms. The van der Waals surface area contributed by atoms with Gasteiger partial charge in [0.15, 0.2) is 0 Å². The third kappa shape index (κ3) is 3.71. The van der Waals surface area contributed by atoms with Crippen LogP contribution in [-0.4, -0.2) is 39.7 Å². The number of carbonyl (C=O) groups excluding carboxylic acids is 1. The zero-order valence-corrected chi connectivity index (χ0v) is 16.7. The molecule has 1 aromatic heterocycles. The number of hydrogen-bond donors (Lipinski definition) is 0. The van der Waals surface area contributed by atoms with Crippen LogP contribution < -0.4 is 4.90 Å². The molecule has 1 saturated heterocycles. The number of anilines is 1. The first kappa shape index (κ1) is 18.4. The lowest BCUT2D eigenvalue weighted by atomic mass is 10.1. The molecule has 0 N–H and O–H groups in total. The molecule has 2 aromatic carbocycles. The Kier molecular flexibility index (Phi) is 5.01. The largest absolute Gasteiger partial charge is 0.310 e. The fraction of sp³-hybridized carbons (Fsp3) is 0.304. The zero-order valence-electron chi connectivity index (χ0n) is 16.7. The molecule has 1 aliphatic rings. The highest BCUT2D eigenvalue weighted by atomic mass is 16.2. The van der Waals surface area contributed by atoms with E-state index in [1.807, 2.05) is 46.8 Å². The highest BCUT2D eigenvalue weighted by Gasteiger charge is 2.30. The van der Waals surface area contributed by atoms with Crippen molar-refractivity contribution in [1.29, 1.82) is 0 Å². The Bertz CT molecular complexity index is 979. The molecule has 0 saturated carbocycles. The van der Waals surface area contributed by atoms with E-state index in [2.05, 4.69) is 54.2 Å². The first-order valence-corrected chi connectivity index (χ1v) is 9.73. The predicted molar refractivity (Wildman–Crippen MR) is 112 cm³/mol. The molecule has 1 amide bonds. The monoisotopic (exact) mass is 374 g/mol. The lowest BCUT2D eigenvalue weighted by molar-refractivity contribution is -0.122. The van der Waals surface area contributed by atoms with E-state index in [4.69, 9.17) is 0 Å². The van der Waals surface area contributed by atoms with Crippen LogP contribution in [0.1, 0.15) is 23.9 Å². The van der Waals surface area contributed by atoms with Crippen molar-refractivity contribution in [2.75, 3.05) is 18.0 Å². The van der Waals surface area contributed by atoms with Crippen LogP contribution in [0.3, 0.4) is 0 Å². The second-order valence-electron chi connectivity index (χ2n) is 7.60. The van der Waals surface area contributed by atoms with Gasteiger partial charge in [0.1, 0.15) is 0 Å². The van der Waals surface area contributed by atoms with Crippen LogP contribution in [-0.2, 0) is 11.3 Å². The average molecular weight is 374 g/mol. The normalized spacial score (nSPS) is 17.9. The third-order valence-electron chi connectivity index (χ3n) is 5.33. The Hall–Kier alpha value is -2.92. The van der Waals surface area contributed by atoms with E-state index in [1.165, 1.54) is 5.56 Å². The molecule has 1 aliphatic heterocycles. The van der Waals surface area contributed by atoms with Crippen molar-refractivity contribution in [3.05, 3.63) is 77.6 Å². The Morgan fingerprint density at radius 3 is 2.46 bits per heavy atom. The molecule has 0 spiro atoms. The number of para-hydroxylation sites is 1. The van der Waals surface area contributed by atoms with Gasteiger partial charge < -0.3 is 4.90 Å². The van der Waals surface area contributed by atoms with Gasteiger partial charge in [0.25, 0.3) is 0 Å². The third-order valence-corrected chi connectivity index (χ3v) is 5.33. The van der Waals surface area contributed by atoms with E-state index in [-0.39, 0.29) is 11.9 Å². The minimum Gasteiger partial charge on any atom is -0.310 e. The molecule has 144 valence electrons. The summed E-state index contributed by atoms with van der Waals surface area (Å²) in [6.45, 7) is 8.15. The van der Waals surface area contributed by atoms with Gasteiger partial charge in [0.2, 0.25) is 5.91 Å². The van der Waals surface area contributed by atoms with Crippen molar-refractivity contribution >= 4 is 11.6 Å². The minimum absolute atomic E-state index is 0.152. The van der Waals surface area contributed by atoms with E-state index in [0.29, 0.717) is 13.1 Å². The number of rotatable bonds is 4. The van der Waals surface area contributed by atoms with Crippen molar-refractivity contribution < 1.29 is 4.79 Å². The summed E-state index contributed by atoms with van der Waals surface area (Å²) in [7, 11) is 0. The second-order valence-corrected chi connectivity index (χ2v) is 7.60. The quantitative estimate of drug-likeness (QED) is 0.699. The smallest absolute Gasteiger partial charge is 0.241 e. The molecular weight excluding hydrogens is 348 g/mol. The van der Waals surface area contributed by atoms with Crippen molar-refractivity contribution in [2.45, 2.75) is 33.4 Å². The maximum atomic E-state index is 12.7. The standard InChI is InChI=1S/C23H26N4O/c1-17-12-18(2)27(24-17)22-11-7-8-20(13-22)15-25-16-23(28)26(14-19(25)3)21-9-5-4-6-10-21/h4-13,19H,14-16H2,1-3H3. The van der Waals surface area contributed by atoms with Crippen LogP contribution >= 0.6 is 0 Å². The van der Waals surface area contributed by atoms with E-state index >= 15 is 0 Å². The molecule has 5 heteroatoms. The molecule has 0 radical (unpaired) electrons. The average Bonchev–Trinajstić information content (AvgIpc) is 3.03. The number of carbonyl (C=O) groups is 1. The first-order valence-electron chi connectivity index (χ1n) is 9.73. The van der Waals surface area contributed by atoms with Crippen molar-refractivity contribution in [3.63, 3.8) is 0 Å². The molecule has 1 atom stereocenters. The first-order chi connectivity index (χ1) is 13.5. The van der Waals surface area contributed by atoms with Crippen LogP contribution in [0.15, 0.2) is 60.7 Å². The van der Waals surface area contributed by atoms with Gasteiger partial charge in [0, 0.05) is 30.5 Å². The van der Waals surface area contributed by atoms with Crippen LogP contribution in [0.2, 0.25) is 0 Å². The van der Waals surface area contributed by atoms with Crippen LogP contribution in [0.5, 0.6) is 0 Å². The molecule has 1 unspecified atom stereocenters. The summed E-state index contributed by atoms with van der Waals surface area (Å²) < 4.78 is 1.97. The minimum atomic E-state index is 0.152. The van der Waals surface area contributed by atoms with E-state index in [1.54, 1.807) is 0 Å². The van der Waals surface area contributed by atoms with Crippen molar-refractivity contribution in [3.8, 4) is 5.69 Å². The lowest BCUT2D eigenvalue weighted by Gasteiger charge is -2.39. The Balaban J connectivity index is 1.50. The number of piperazine rings is 1. The van der Waals surface area contributed by atoms with E-state index < -0.39 is 0 Å². The molecule has 0 aliphatic carbocycles. The molecule has 4 rings (SSSR count). The van der Waals surface area contributed by atoms with E-state index in [0.717, 1.165) is 29.3 Å². The Morgan fingerprint density at radius 1 is 1.00 bits per heavy atom. The summed E-state index contributed by atoms with van der Waals surface area (Å²) in [6, 6.07) is 20.7. The molecule has 2 heterocycles.